The molecule has 29 heavy (non-hydrogen) atoms. The molecular formula is C23H26N2O4. The number of ether oxygens (including phenoxy) is 1. The minimum absolute atomic E-state index is 0.102. The fraction of sp³-hybridized carbons (Fsp3) is 0.304. The highest BCUT2D eigenvalue weighted by molar-refractivity contribution is 5.90. The normalized spacial score (nSPS) is 11.4. The van der Waals surface area contributed by atoms with Crippen molar-refractivity contribution >= 4 is 28.5 Å². The second-order valence-electron chi connectivity index (χ2n) is 7.58. The first-order valence-electron chi connectivity index (χ1n) is 9.65. The number of fused-ring (bicyclic) bond motifs is 1. The van der Waals surface area contributed by atoms with Gasteiger partial charge in [0.25, 0.3) is 0 Å². The van der Waals surface area contributed by atoms with Gasteiger partial charge in [0.15, 0.2) is 5.60 Å². The average molecular weight is 394 g/mol. The smallest absolute Gasteiger partial charge is 0.347 e. The summed E-state index contributed by atoms with van der Waals surface area (Å²) in [5, 5.41) is 13.1. The van der Waals surface area contributed by atoms with Crippen molar-refractivity contribution in [2.45, 2.75) is 46.3 Å². The summed E-state index contributed by atoms with van der Waals surface area (Å²) < 4.78 is 7.93. The molecule has 6 heteroatoms. The van der Waals surface area contributed by atoms with Crippen molar-refractivity contribution in [3.8, 4) is 17.0 Å². The monoisotopic (exact) mass is 394 g/mol. The van der Waals surface area contributed by atoms with E-state index in [0.717, 1.165) is 40.8 Å². The highest BCUT2D eigenvalue weighted by atomic mass is 16.5. The summed E-state index contributed by atoms with van der Waals surface area (Å²) in [6.07, 6.45) is 0.977. The van der Waals surface area contributed by atoms with E-state index in [9.17, 15) is 14.7 Å². The number of anilines is 1. The molecule has 1 amide bonds. The first kappa shape index (κ1) is 20.5. The lowest BCUT2D eigenvalue weighted by molar-refractivity contribution is -0.152. The first-order valence-corrected chi connectivity index (χ1v) is 9.65. The van der Waals surface area contributed by atoms with Gasteiger partial charge in [-0.1, -0.05) is 19.1 Å². The largest absolute Gasteiger partial charge is 0.478 e. The van der Waals surface area contributed by atoms with E-state index < -0.39 is 11.6 Å². The summed E-state index contributed by atoms with van der Waals surface area (Å²) in [5.74, 6) is -0.595. The lowest BCUT2D eigenvalue weighted by atomic mass is 10.1. The topological polar surface area (TPSA) is 80.6 Å². The van der Waals surface area contributed by atoms with Crippen LogP contribution in [0.4, 0.5) is 5.69 Å². The van der Waals surface area contributed by atoms with Crippen LogP contribution in [0.5, 0.6) is 5.75 Å². The summed E-state index contributed by atoms with van der Waals surface area (Å²) >= 11 is 0. The van der Waals surface area contributed by atoms with E-state index in [4.69, 9.17) is 4.74 Å². The van der Waals surface area contributed by atoms with Crippen molar-refractivity contribution in [2.75, 3.05) is 5.32 Å². The van der Waals surface area contributed by atoms with E-state index in [-0.39, 0.29) is 5.91 Å². The SMILES string of the molecule is CCCn1c(-c2ccc(NC(C)=O)cc2)cc2cc(OC(C)(C)C(=O)O)ccc21. The van der Waals surface area contributed by atoms with Crippen LogP contribution in [0.2, 0.25) is 0 Å². The van der Waals surface area contributed by atoms with Crippen LogP contribution in [-0.2, 0) is 16.1 Å². The summed E-state index contributed by atoms with van der Waals surface area (Å²) in [4.78, 5) is 22.6. The minimum atomic E-state index is -1.30. The van der Waals surface area contributed by atoms with Crippen LogP contribution < -0.4 is 10.1 Å². The lowest BCUT2D eigenvalue weighted by Crippen LogP contribution is -2.37. The predicted molar refractivity (Wildman–Crippen MR) is 114 cm³/mol. The number of nitrogens with zero attached hydrogens (tertiary/aromatic N) is 1. The van der Waals surface area contributed by atoms with Crippen molar-refractivity contribution in [2.24, 2.45) is 0 Å². The van der Waals surface area contributed by atoms with E-state index >= 15 is 0 Å². The van der Waals surface area contributed by atoms with E-state index in [0.29, 0.717) is 5.75 Å². The highest BCUT2D eigenvalue weighted by Gasteiger charge is 2.29. The number of carbonyl (C=O) groups excluding carboxylic acids is 1. The Bertz CT molecular complexity index is 1050. The molecule has 1 aromatic heterocycles. The van der Waals surface area contributed by atoms with Crippen LogP contribution in [0, 0.1) is 0 Å². The Balaban J connectivity index is 2.01. The number of nitrogens with one attached hydrogen (secondary N) is 1. The summed E-state index contributed by atoms with van der Waals surface area (Å²) in [5.41, 5.74) is 2.62. The molecule has 0 unspecified atom stereocenters. The van der Waals surface area contributed by atoms with Gasteiger partial charge < -0.3 is 19.7 Å². The van der Waals surface area contributed by atoms with Crippen molar-refractivity contribution in [3.63, 3.8) is 0 Å². The number of aliphatic carboxylic acids is 1. The molecule has 0 bridgehead atoms. The van der Waals surface area contributed by atoms with Crippen LogP contribution in [0.3, 0.4) is 0 Å². The van der Waals surface area contributed by atoms with Crippen LogP contribution in [-0.4, -0.2) is 27.2 Å². The van der Waals surface area contributed by atoms with E-state index in [1.165, 1.54) is 20.8 Å². The van der Waals surface area contributed by atoms with Gasteiger partial charge in [0.05, 0.1) is 0 Å². The number of hydrogen-bond acceptors (Lipinski definition) is 3. The molecule has 0 atom stereocenters. The number of aromatic nitrogens is 1. The number of benzene rings is 2. The molecule has 0 fully saturated rings. The molecule has 2 N–H and O–H groups in total. The lowest BCUT2D eigenvalue weighted by Gasteiger charge is -2.21. The van der Waals surface area contributed by atoms with Crippen molar-refractivity contribution < 1.29 is 19.4 Å². The van der Waals surface area contributed by atoms with Gasteiger partial charge in [-0.2, -0.15) is 0 Å². The molecule has 6 nitrogen and oxygen atoms in total. The fourth-order valence-corrected chi connectivity index (χ4v) is 3.28. The first-order chi connectivity index (χ1) is 13.7. The van der Waals surface area contributed by atoms with Crippen molar-refractivity contribution in [1.82, 2.24) is 4.57 Å². The second-order valence-corrected chi connectivity index (χ2v) is 7.58. The van der Waals surface area contributed by atoms with Crippen LogP contribution in [0.1, 0.15) is 34.1 Å². The number of carboxylic acids is 1. The van der Waals surface area contributed by atoms with Crippen LogP contribution in [0.15, 0.2) is 48.5 Å². The molecule has 1 heterocycles. The maximum absolute atomic E-state index is 11.4. The molecule has 0 saturated heterocycles. The number of rotatable bonds is 7. The zero-order valence-corrected chi connectivity index (χ0v) is 17.2. The molecule has 0 aliphatic carbocycles. The van der Waals surface area contributed by atoms with Gasteiger partial charge in [-0.15, -0.1) is 0 Å². The van der Waals surface area contributed by atoms with E-state index in [1.54, 1.807) is 0 Å². The minimum Gasteiger partial charge on any atom is -0.478 e. The molecule has 0 aliphatic rings. The van der Waals surface area contributed by atoms with Gasteiger partial charge >= 0.3 is 5.97 Å². The Hall–Kier alpha value is -3.28. The Morgan fingerprint density at radius 2 is 1.79 bits per heavy atom. The standard InChI is InChI=1S/C23H26N2O4/c1-5-12-25-20-11-10-19(29-23(3,4)22(27)28)13-17(20)14-21(25)16-6-8-18(9-7-16)24-15(2)26/h6-11,13-14H,5,12H2,1-4H3,(H,24,26)(H,27,28). The summed E-state index contributed by atoms with van der Waals surface area (Å²) in [7, 11) is 0. The molecule has 0 saturated carbocycles. The van der Waals surface area contributed by atoms with Gasteiger partial charge in [-0.05, 0) is 62.2 Å². The zero-order chi connectivity index (χ0) is 21.2. The third-order valence-corrected chi connectivity index (χ3v) is 4.71. The summed E-state index contributed by atoms with van der Waals surface area (Å²) in [6, 6.07) is 15.5. The molecular weight excluding hydrogens is 368 g/mol. The maximum atomic E-state index is 11.4. The molecule has 0 radical (unpaired) electrons. The second kappa shape index (κ2) is 7.99. The molecule has 152 valence electrons. The van der Waals surface area contributed by atoms with Crippen molar-refractivity contribution in [1.29, 1.82) is 0 Å². The van der Waals surface area contributed by atoms with Gasteiger partial charge in [0.2, 0.25) is 5.91 Å². The van der Waals surface area contributed by atoms with Crippen molar-refractivity contribution in [3.05, 3.63) is 48.5 Å². The number of aryl methyl sites for hydroxylation is 1. The number of carboxylic acid groups (broad SMARTS) is 1. The Labute approximate surface area is 170 Å². The number of amides is 1. The Kier molecular flexibility index (Phi) is 5.64. The third kappa shape index (κ3) is 4.42. The third-order valence-electron chi connectivity index (χ3n) is 4.71. The Morgan fingerprint density at radius 1 is 1.10 bits per heavy atom. The molecule has 3 rings (SSSR count). The molecule has 2 aromatic carbocycles. The highest BCUT2D eigenvalue weighted by Crippen LogP contribution is 2.32. The van der Waals surface area contributed by atoms with E-state index in [2.05, 4.69) is 22.9 Å². The molecule has 0 aliphatic heterocycles. The average Bonchev–Trinajstić information content (AvgIpc) is 2.99. The van der Waals surface area contributed by atoms with Crippen LogP contribution in [0.25, 0.3) is 22.2 Å². The zero-order valence-electron chi connectivity index (χ0n) is 17.2. The number of hydrogen-bond donors (Lipinski definition) is 2. The summed E-state index contributed by atoms with van der Waals surface area (Å²) in [6.45, 7) is 7.53. The van der Waals surface area contributed by atoms with Gasteiger partial charge in [0, 0.05) is 35.8 Å². The number of carbonyl (C=O) groups is 2. The van der Waals surface area contributed by atoms with E-state index in [1.807, 2.05) is 42.5 Å². The van der Waals surface area contributed by atoms with Crippen LogP contribution >= 0.6 is 0 Å². The Morgan fingerprint density at radius 3 is 2.38 bits per heavy atom. The maximum Gasteiger partial charge on any atom is 0.347 e. The molecule has 0 spiro atoms. The molecule has 3 aromatic rings. The van der Waals surface area contributed by atoms with Gasteiger partial charge in [0.1, 0.15) is 5.75 Å². The predicted octanol–water partition coefficient (Wildman–Crippen LogP) is 4.92. The van der Waals surface area contributed by atoms with Gasteiger partial charge in [-0.25, -0.2) is 4.79 Å². The fourth-order valence-electron chi connectivity index (χ4n) is 3.28. The van der Waals surface area contributed by atoms with Gasteiger partial charge in [-0.3, -0.25) is 4.79 Å². The quantitative estimate of drug-likeness (QED) is 0.596.